The van der Waals surface area contributed by atoms with Gasteiger partial charge in [0.25, 0.3) is 0 Å². The minimum absolute atomic E-state index is 0.136. The molecule has 0 saturated heterocycles. The van der Waals surface area contributed by atoms with Gasteiger partial charge in [0.1, 0.15) is 24.0 Å². The molecule has 0 bridgehead atoms. The largest absolute Gasteiger partial charge is 0.460 e. The highest BCUT2D eigenvalue weighted by Crippen LogP contribution is 2.28. The van der Waals surface area contributed by atoms with Crippen LogP contribution in [0.15, 0.2) is 71.7 Å². The molecule has 2 aromatic carbocycles. The van der Waals surface area contributed by atoms with Crippen molar-refractivity contribution in [2.45, 2.75) is 26.2 Å². The third-order valence-corrected chi connectivity index (χ3v) is 5.13. The average molecular weight is 444 g/mol. The first-order chi connectivity index (χ1) is 16.1. The number of aromatic nitrogens is 3. The van der Waals surface area contributed by atoms with Crippen molar-refractivity contribution in [1.29, 1.82) is 0 Å². The minimum Gasteiger partial charge on any atom is -0.460 e. The molecule has 0 aliphatic rings. The van der Waals surface area contributed by atoms with Gasteiger partial charge in [-0.15, -0.1) is 0 Å². The number of fused-ring (bicyclic) bond motifs is 1. The number of furan rings is 1. The molecule has 33 heavy (non-hydrogen) atoms. The number of para-hydroxylation sites is 1. The zero-order valence-electron chi connectivity index (χ0n) is 18.3. The summed E-state index contributed by atoms with van der Waals surface area (Å²) in [7, 11) is 0. The molecule has 4 rings (SSSR count). The second-order valence-electron chi connectivity index (χ2n) is 7.52. The lowest BCUT2D eigenvalue weighted by Gasteiger charge is -2.07. The molecule has 2 heterocycles. The summed E-state index contributed by atoms with van der Waals surface area (Å²) in [5, 5.41) is 10.4. The number of rotatable bonds is 9. The van der Waals surface area contributed by atoms with Gasteiger partial charge in [-0.3, -0.25) is 9.59 Å². The molecule has 0 unspecified atom stereocenters. The van der Waals surface area contributed by atoms with Crippen molar-refractivity contribution in [2.24, 2.45) is 0 Å². The average Bonchev–Trinajstić information content (AvgIpc) is 3.49. The quantitative estimate of drug-likeness (QED) is 0.379. The van der Waals surface area contributed by atoms with Crippen molar-refractivity contribution in [3.8, 4) is 5.69 Å². The van der Waals surface area contributed by atoms with Gasteiger partial charge in [0.05, 0.1) is 12.2 Å². The summed E-state index contributed by atoms with van der Waals surface area (Å²) in [5.41, 5.74) is 3.16. The van der Waals surface area contributed by atoms with Crippen LogP contribution in [0.25, 0.3) is 22.7 Å². The maximum Gasteiger partial charge on any atom is 0.244 e. The number of hydrogen-bond donors (Lipinski definition) is 2. The smallest absolute Gasteiger partial charge is 0.244 e. The molecule has 168 valence electrons. The van der Waals surface area contributed by atoms with Crippen LogP contribution in [-0.4, -0.2) is 33.1 Å². The second-order valence-corrected chi connectivity index (χ2v) is 7.52. The van der Waals surface area contributed by atoms with Gasteiger partial charge in [-0.05, 0) is 42.8 Å². The van der Waals surface area contributed by atoms with E-state index in [9.17, 15) is 9.59 Å². The summed E-state index contributed by atoms with van der Waals surface area (Å²) in [6.45, 7) is 1.99. The molecule has 0 atom stereocenters. The highest BCUT2D eigenvalue weighted by atomic mass is 16.3. The molecule has 0 spiro atoms. The van der Waals surface area contributed by atoms with Gasteiger partial charge in [-0.2, -0.15) is 5.10 Å². The van der Waals surface area contributed by atoms with Crippen LogP contribution in [-0.2, 0) is 16.0 Å². The minimum atomic E-state index is -0.349. The first kappa shape index (κ1) is 22.0. The Kier molecular flexibility index (Phi) is 6.94. The van der Waals surface area contributed by atoms with E-state index in [0.717, 1.165) is 47.2 Å². The van der Waals surface area contributed by atoms with E-state index in [4.69, 9.17) is 4.42 Å². The van der Waals surface area contributed by atoms with Gasteiger partial charge < -0.3 is 15.1 Å². The van der Waals surface area contributed by atoms with E-state index in [0.29, 0.717) is 5.69 Å². The number of aryl methyl sites for hydroxylation is 1. The highest BCUT2D eigenvalue weighted by molar-refractivity contribution is 5.99. The molecule has 2 amide bonds. The van der Waals surface area contributed by atoms with E-state index in [-0.39, 0.29) is 18.4 Å². The molecule has 0 radical (unpaired) electrons. The molecular weight excluding hydrogens is 418 g/mol. The van der Waals surface area contributed by atoms with E-state index < -0.39 is 0 Å². The number of anilines is 1. The van der Waals surface area contributed by atoms with Crippen molar-refractivity contribution in [1.82, 2.24) is 20.1 Å². The van der Waals surface area contributed by atoms with E-state index in [1.54, 1.807) is 29.2 Å². The SMILES string of the molecule is CCCCc1oc2ccccc2c1/C=C/C(=O)NCC(=O)Nc1ccc(-n2cncn2)cc1. The van der Waals surface area contributed by atoms with Crippen molar-refractivity contribution < 1.29 is 14.0 Å². The maximum absolute atomic E-state index is 12.3. The number of nitrogens with one attached hydrogen (secondary N) is 2. The standard InChI is InChI=1S/C25H25N5O3/c1-2-3-7-22-21(20-6-4-5-8-23(20)33-22)13-14-24(31)27-15-25(32)29-18-9-11-19(12-10-18)30-17-26-16-28-30/h4-6,8-14,16-17H,2-3,7,15H2,1H3,(H,27,31)(H,29,32)/b14-13+. The van der Waals surface area contributed by atoms with Crippen molar-refractivity contribution in [2.75, 3.05) is 11.9 Å². The Labute approximate surface area is 191 Å². The Hall–Kier alpha value is -4.20. The van der Waals surface area contributed by atoms with E-state index in [1.807, 2.05) is 36.4 Å². The van der Waals surface area contributed by atoms with Crippen LogP contribution in [0.5, 0.6) is 0 Å². The molecule has 0 fully saturated rings. The van der Waals surface area contributed by atoms with Gasteiger partial charge in [-0.1, -0.05) is 31.5 Å². The Bertz CT molecular complexity index is 1260. The lowest BCUT2D eigenvalue weighted by molar-refractivity contribution is -0.121. The van der Waals surface area contributed by atoms with Crippen LogP contribution in [0.2, 0.25) is 0 Å². The van der Waals surface area contributed by atoms with Gasteiger partial charge in [-0.25, -0.2) is 9.67 Å². The third kappa shape index (κ3) is 5.54. The lowest BCUT2D eigenvalue weighted by Crippen LogP contribution is -2.31. The number of nitrogens with zero attached hydrogens (tertiary/aromatic N) is 3. The lowest BCUT2D eigenvalue weighted by atomic mass is 10.1. The van der Waals surface area contributed by atoms with E-state index >= 15 is 0 Å². The molecule has 4 aromatic rings. The number of amides is 2. The highest BCUT2D eigenvalue weighted by Gasteiger charge is 2.12. The van der Waals surface area contributed by atoms with Gasteiger partial charge in [0.15, 0.2) is 0 Å². The summed E-state index contributed by atoms with van der Waals surface area (Å²) in [6, 6.07) is 14.9. The molecule has 2 N–H and O–H groups in total. The zero-order chi connectivity index (χ0) is 23.0. The van der Waals surface area contributed by atoms with Crippen LogP contribution in [0, 0.1) is 0 Å². The Morgan fingerprint density at radius 2 is 1.94 bits per heavy atom. The fourth-order valence-electron chi connectivity index (χ4n) is 3.45. The normalized spacial score (nSPS) is 11.2. The monoisotopic (exact) mass is 443 g/mol. The van der Waals surface area contributed by atoms with E-state index in [2.05, 4.69) is 27.6 Å². The van der Waals surface area contributed by atoms with Crippen LogP contribution >= 0.6 is 0 Å². The fourth-order valence-corrected chi connectivity index (χ4v) is 3.45. The van der Waals surface area contributed by atoms with Crippen LogP contribution in [0.1, 0.15) is 31.1 Å². The topological polar surface area (TPSA) is 102 Å². The summed E-state index contributed by atoms with van der Waals surface area (Å²) < 4.78 is 7.59. The second kappa shape index (κ2) is 10.4. The van der Waals surface area contributed by atoms with Crippen LogP contribution in [0.3, 0.4) is 0 Å². The predicted molar refractivity (Wildman–Crippen MR) is 127 cm³/mol. The van der Waals surface area contributed by atoms with E-state index in [1.165, 1.54) is 12.4 Å². The van der Waals surface area contributed by atoms with Gasteiger partial charge in [0, 0.05) is 29.1 Å². The number of benzene rings is 2. The Morgan fingerprint density at radius 1 is 1.12 bits per heavy atom. The summed E-state index contributed by atoms with van der Waals surface area (Å²) in [6.07, 6.45) is 9.11. The summed E-state index contributed by atoms with van der Waals surface area (Å²) in [5.74, 6) is 0.204. The number of carbonyl (C=O) groups is 2. The molecule has 8 nitrogen and oxygen atoms in total. The van der Waals surface area contributed by atoms with Crippen molar-refractivity contribution >= 4 is 34.5 Å². The molecular formula is C25H25N5O3. The molecule has 8 heteroatoms. The van der Waals surface area contributed by atoms with Crippen molar-refractivity contribution in [3.63, 3.8) is 0 Å². The number of unbranched alkanes of at least 4 members (excludes halogenated alkanes) is 1. The van der Waals surface area contributed by atoms with Crippen molar-refractivity contribution in [3.05, 3.63) is 78.6 Å². The predicted octanol–water partition coefficient (Wildman–Crippen LogP) is 4.12. The Morgan fingerprint density at radius 3 is 2.70 bits per heavy atom. The Balaban J connectivity index is 1.33. The molecule has 0 saturated carbocycles. The van der Waals surface area contributed by atoms with Gasteiger partial charge in [0.2, 0.25) is 11.8 Å². The first-order valence-corrected chi connectivity index (χ1v) is 10.9. The summed E-state index contributed by atoms with van der Waals surface area (Å²) >= 11 is 0. The molecule has 0 aliphatic heterocycles. The summed E-state index contributed by atoms with van der Waals surface area (Å²) in [4.78, 5) is 28.4. The number of hydrogen-bond acceptors (Lipinski definition) is 5. The molecule has 2 aromatic heterocycles. The van der Waals surface area contributed by atoms with Crippen LogP contribution in [0.4, 0.5) is 5.69 Å². The van der Waals surface area contributed by atoms with Gasteiger partial charge >= 0.3 is 0 Å². The number of carbonyl (C=O) groups excluding carboxylic acids is 2. The molecule has 0 aliphatic carbocycles. The zero-order valence-corrected chi connectivity index (χ0v) is 18.3. The van der Waals surface area contributed by atoms with Crippen LogP contribution < -0.4 is 10.6 Å². The first-order valence-electron chi connectivity index (χ1n) is 10.9. The third-order valence-electron chi connectivity index (χ3n) is 5.13. The fraction of sp³-hybridized carbons (Fsp3) is 0.200. The maximum atomic E-state index is 12.3.